The Bertz CT molecular complexity index is 1100. The van der Waals surface area contributed by atoms with E-state index < -0.39 is 28.5 Å². The zero-order valence-electron chi connectivity index (χ0n) is 20.5. The van der Waals surface area contributed by atoms with Gasteiger partial charge in [-0.15, -0.1) is 0 Å². The fourth-order valence-corrected chi connectivity index (χ4v) is 4.67. The van der Waals surface area contributed by atoms with Gasteiger partial charge in [0.2, 0.25) is 21.8 Å². The number of carbonyl (C=O) groups excluding carboxylic acids is 2. The molecule has 2 aromatic rings. The van der Waals surface area contributed by atoms with Gasteiger partial charge in [0.25, 0.3) is 0 Å². The van der Waals surface area contributed by atoms with Gasteiger partial charge < -0.3 is 10.2 Å². The van der Waals surface area contributed by atoms with Crippen LogP contribution in [0.15, 0.2) is 46.9 Å². The third-order valence-corrected chi connectivity index (χ3v) is 7.44. The maximum atomic E-state index is 13.5. The Labute approximate surface area is 211 Å². The molecule has 9 heteroatoms. The van der Waals surface area contributed by atoms with Gasteiger partial charge in [-0.1, -0.05) is 53.5 Å². The summed E-state index contributed by atoms with van der Waals surface area (Å²) in [4.78, 5) is 27.8. The van der Waals surface area contributed by atoms with E-state index in [1.807, 2.05) is 51.1 Å². The van der Waals surface area contributed by atoms with E-state index in [2.05, 4.69) is 21.2 Å². The van der Waals surface area contributed by atoms with Crippen LogP contribution in [0.1, 0.15) is 43.4 Å². The van der Waals surface area contributed by atoms with E-state index in [0.29, 0.717) is 12.2 Å². The maximum absolute atomic E-state index is 13.5. The lowest BCUT2D eigenvalue weighted by Crippen LogP contribution is -2.51. The number of anilines is 1. The molecule has 0 aliphatic heterocycles. The number of aryl methyl sites for hydroxylation is 1. The monoisotopic (exact) mass is 551 g/mol. The van der Waals surface area contributed by atoms with Gasteiger partial charge in [0.1, 0.15) is 12.6 Å². The van der Waals surface area contributed by atoms with Crippen molar-refractivity contribution in [2.45, 2.75) is 53.1 Å². The second-order valence-electron chi connectivity index (χ2n) is 8.46. The summed E-state index contributed by atoms with van der Waals surface area (Å²) in [6.07, 6.45) is 2.87. The summed E-state index contributed by atoms with van der Waals surface area (Å²) >= 11 is 3.40. The fourth-order valence-electron chi connectivity index (χ4n) is 3.51. The van der Waals surface area contributed by atoms with Crippen molar-refractivity contribution in [2.24, 2.45) is 0 Å². The summed E-state index contributed by atoms with van der Waals surface area (Å²) in [5.41, 5.74) is 3.00. The molecule has 2 amide bonds. The minimum atomic E-state index is -3.75. The van der Waals surface area contributed by atoms with Crippen molar-refractivity contribution >= 4 is 43.5 Å². The molecule has 0 aliphatic rings. The predicted molar refractivity (Wildman–Crippen MR) is 140 cm³/mol. The van der Waals surface area contributed by atoms with Crippen LogP contribution < -0.4 is 9.62 Å². The molecule has 0 bridgehead atoms. The van der Waals surface area contributed by atoms with Gasteiger partial charge in [-0.25, -0.2) is 8.42 Å². The number of benzene rings is 2. The van der Waals surface area contributed by atoms with Crippen LogP contribution in [-0.2, 0) is 26.2 Å². The molecular weight excluding hydrogens is 518 g/mol. The van der Waals surface area contributed by atoms with Crippen molar-refractivity contribution in [1.82, 2.24) is 10.2 Å². The lowest BCUT2D eigenvalue weighted by Gasteiger charge is -2.32. The second-order valence-corrected chi connectivity index (χ2v) is 11.3. The summed E-state index contributed by atoms with van der Waals surface area (Å²) in [6.45, 7) is 7.73. The standard InChI is InChI=1S/C25H34BrN3O4S/c1-6-7-15-27-25(31)20(4)28(16-21-11-13-22(26)14-12-21)24(30)17-29(34(5,32)33)23-10-8-9-18(2)19(23)3/h8-14,20H,6-7,15-17H2,1-5H3,(H,27,31). The van der Waals surface area contributed by atoms with Crippen molar-refractivity contribution in [3.05, 3.63) is 63.6 Å². The number of sulfonamides is 1. The first kappa shape index (κ1) is 27.9. The van der Waals surface area contributed by atoms with Crippen LogP contribution in [-0.4, -0.2) is 50.5 Å². The van der Waals surface area contributed by atoms with Gasteiger partial charge >= 0.3 is 0 Å². The van der Waals surface area contributed by atoms with Crippen LogP contribution in [0.4, 0.5) is 5.69 Å². The van der Waals surface area contributed by atoms with Crippen LogP contribution >= 0.6 is 15.9 Å². The van der Waals surface area contributed by atoms with Gasteiger partial charge in [0, 0.05) is 17.6 Å². The Kier molecular flexibility index (Phi) is 10.1. The average molecular weight is 553 g/mol. The number of nitrogens with zero attached hydrogens (tertiary/aromatic N) is 2. The number of hydrogen-bond donors (Lipinski definition) is 1. The molecule has 1 atom stereocenters. The molecule has 2 aromatic carbocycles. The van der Waals surface area contributed by atoms with Gasteiger partial charge in [0.15, 0.2) is 0 Å². The SMILES string of the molecule is CCCCNC(=O)C(C)N(Cc1ccc(Br)cc1)C(=O)CN(c1cccc(C)c1C)S(C)(=O)=O. The highest BCUT2D eigenvalue weighted by Gasteiger charge is 2.30. The molecule has 1 N–H and O–H groups in total. The van der Waals surface area contributed by atoms with Crippen molar-refractivity contribution in [2.75, 3.05) is 23.7 Å². The van der Waals surface area contributed by atoms with Gasteiger partial charge in [-0.05, 0) is 62.1 Å². The van der Waals surface area contributed by atoms with Gasteiger partial charge in [-0.3, -0.25) is 13.9 Å². The van der Waals surface area contributed by atoms with Crippen LogP contribution in [0.3, 0.4) is 0 Å². The number of unbranched alkanes of at least 4 members (excludes halogenated alkanes) is 1. The number of halogens is 1. The zero-order chi connectivity index (χ0) is 25.5. The molecular formula is C25H34BrN3O4S. The number of rotatable bonds is 11. The lowest BCUT2D eigenvalue weighted by atomic mass is 10.1. The molecule has 186 valence electrons. The molecule has 1 unspecified atom stereocenters. The third kappa shape index (κ3) is 7.56. The van der Waals surface area contributed by atoms with Gasteiger partial charge in [-0.2, -0.15) is 0 Å². The van der Waals surface area contributed by atoms with Crippen LogP contribution in [0, 0.1) is 13.8 Å². The highest BCUT2D eigenvalue weighted by atomic mass is 79.9. The highest BCUT2D eigenvalue weighted by Crippen LogP contribution is 2.25. The smallest absolute Gasteiger partial charge is 0.244 e. The van der Waals surface area contributed by atoms with Crippen LogP contribution in [0.2, 0.25) is 0 Å². The van der Waals surface area contributed by atoms with Crippen LogP contribution in [0.25, 0.3) is 0 Å². The summed E-state index contributed by atoms with van der Waals surface area (Å²) in [5, 5.41) is 2.87. The number of carbonyl (C=O) groups is 2. The van der Waals surface area contributed by atoms with E-state index in [1.165, 1.54) is 4.90 Å². The summed E-state index contributed by atoms with van der Waals surface area (Å²) < 4.78 is 27.4. The van der Waals surface area contributed by atoms with E-state index in [4.69, 9.17) is 0 Å². The largest absolute Gasteiger partial charge is 0.354 e. The minimum absolute atomic E-state index is 0.179. The van der Waals surface area contributed by atoms with Crippen LogP contribution in [0.5, 0.6) is 0 Å². The van der Waals surface area contributed by atoms with E-state index in [0.717, 1.165) is 44.6 Å². The first-order chi connectivity index (χ1) is 16.0. The van der Waals surface area contributed by atoms with Crippen molar-refractivity contribution in [3.63, 3.8) is 0 Å². The highest BCUT2D eigenvalue weighted by molar-refractivity contribution is 9.10. The maximum Gasteiger partial charge on any atom is 0.244 e. The topological polar surface area (TPSA) is 86.8 Å². The Hall–Kier alpha value is -2.39. The van der Waals surface area contributed by atoms with E-state index in [1.54, 1.807) is 19.1 Å². The quantitative estimate of drug-likeness (QED) is 0.424. The minimum Gasteiger partial charge on any atom is -0.354 e. The fraction of sp³-hybridized carbons (Fsp3) is 0.440. The molecule has 0 spiro atoms. The molecule has 0 fully saturated rings. The Morgan fingerprint density at radius 3 is 2.32 bits per heavy atom. The summed E-state index contributed by atoms with van der Waals surface area (Å²) in [7, 11) is -3.75. The first-order valence-electron chi connectivity index (χ1n) is 11.3. The Morgan fingerprint density at radius 1 is 1.09 bits per heavy atom. The molecule has 0 saturated carbocycles. The lowest BCUT2D eigenvalue weighted by molar-refractivity contribution is -0.139. The molecule has 0 radical (unpaired) electrons. The molecule has 2 rings (SSSR count). The second kappa shape index (κ2) is 12.4. The molecule has 34 heavy (non-hydrogen) atoms. The molecule has 0 aliphatic carbocycles. The summed E-state index contributed by atoms with van der Waals surface area (Å²) in [6, 6.07) is 12.0. The van der Waals surface area contributed by atoms with Crippen molar-refractivity contribution < 1.29 is 18.0 Å². The van der Waals surface area contributed by atoms with Crippen molar-refractivity contribution in [1.29, 1.82) is 0 Å². The molecule has 0 aromatic heterocycles. The Balaban J connectivity index is 2.38. The molecule has 0 saturated heterocycles. The van der Waals surface area contributed by atoms with E-state index in [9.17, 15) is 18.0 Å². The molecule has 7 nitrogen and oxygen atoms in total. The summed E-state index contributed by atoms with van der Waals surface area (Å²) in [5.74, 6) is -0.719. The molecule has 0 heterocycles. The average Bonchev–Trinajstić information content (AvgIpc) is 2.78. The number of amides is 2. The van der Waals surface area contributed by atoms with Crippen molar-refractivity contribution in [3.8, 4) is 0 Å². The Morgan fingerprint density at radius 2 is 1.74 bits per heavy atom. The first-order valence-corrected chi connectivity index (χ1v) is 13.9. The predicted octanol–water partition coefficient (Wildman–Crippen LogP) is 4.17. The van der Waals surface area contributed by atoms with E-state index in [-0.39, 0.29) is 12.5 Å². The van der Waals surface area contributed by atoms with Gasteiger partial charge in [0.05, 0.1) is 11.9 Å². The third-order valence-electron chi connectivity index (χ3n) is 5.79. The number of hydrogen-bond acceptors (Lipinski definition) is 4. The zero-order valence-corrected chi connectivity index (χ0v) is 22.9. The van der Waals surface area contributed by atoms with E-state index >= 15 is 0 Å². The normalized spacial score (nSPS) is 12.2. The number of nitrogens with one attached hydrogen (secondary N) is 1.